The van der Waals surface area contributed by atoms with Crippen LogP contribution in [-0.2, 0) is 10.6 Å². The van der Waals surface area contributed by atoms with Gasteiger partial charge in [-0.1, -0.05) is 0 Å². The van der Waals surface area contributed by atoms with Crippen molar-refractivity contribution in [2.45, 2.75) is 26.7 Å². The van der Waals surface area contributed by atoms with E-state index < -0.39 is 16.5 Å². The van der Waals surface area contributed by atoms with E-state index in [2.05, 4.69) is 10.2 Å². The van der Waals surface area contributed by atoms with Crippen molar-refractivity contribution in [3.63, 3.8) is 0 Å². The number of rotatable bonds is 4. The molecule has 0 fully saturated rings. The van der Waals surface area contributed by atoms with Gasteiger partial charge in [-0.15, -0.1) is 11.6 Å². The molecule has 0 atom stereocenters. The number of nitrogens with one attached hydrogen (secondary N) is 1. The Morgan fingerprint density at radius 1 is 1.35 bits per heavy atom. The molecule has 8 nitrogen and oxygen atoms in total. The predicted molar refractivity (Wildman–Crippen MR) is 84.0 cm³/mol. The molecule has 1 N–H and O–H groups in total. The highest BCUT2D eigenvalue weighted by Crippen LogP contribution is 2.35. The number of H-pyrrole nitrogens is 1. The van der Waals surface area contributed by atoms with Gasteiger partial charge in [0, 0.05) is 5.56 Å². The number of esters is 1. The topological polar surface area (TPSA) is 115 Å². The molecule has 1 aromatic carbocycles. The Hall–Kier alpha value is -2.48. The van der Waals surface area contributed by atoms with Crippen molar-refractivity contribution >= 4 is 34.0 Å². The molecule has 23 heavy (non-hydrogen) atoms. The Morgan fingerprint density at radius 2 is 2.00 bits per heavy atom. The molecule has 0 saturated carbocycles. The maximum atomic E-state index is 12.2. The van der Waals surface area contributed by atoms with Gasteiger partial charge >= 0.3 is 5.97 Å². The summed E-state index contributed by atoms with van der Waals surface area (Å²) in [5, 5.41) is 17.6. The van der Waals surface area contributed by atoms with Gasteiger partial charge in [0.15, 0.2) is 0 Å². The lowest BCUT2D eigenvalue weighted by Gasteiger charge is -2.13. The molecular formula is C14H14ClN3O5. The van der Waals surface area contributed by atoms with Crippen molar-refractivity contribution in [2.75, 3.05) is 6.61 Å². The Labute approximate surface area is 135 Å². The van der Waals surface area contributed by atoms with Crippen LogP contribution in [0.1, 0.15) is 34.1 Å². The van der Waals surface area contributed by atoms with Crippen LogP contribution >= 0.6 is 11.6 Å². The highest BCUT2D eigenvalue weighted by atomic mass is 35.5. The van der Waals surface area contributed by atoms with Crippen molar-refractivity contribution in [2.24, 2.45) is 0 Å². The Balaban J connectivity index is 3.09. The molecule has 0 aliphatic rings. The standard InChI is InChI=1S/C14H14ClN3O5/c1-4-23-14(20)9-6(2)10-11(12(7(9)3)18(21)22)8(5-15)16-17-13(10)19/h4-5H2,1-3H3,(H,17,19). The van der Waals surface area contributed by atoms with Crippen LogP contribution in [0.5, 0.6) is 0 Å². The summed E-state index contributed by atoms with van der Waals surface area (Å²) < 4.78 is 4.95. The van der Waals surface area contributed by atoms with Crippen LogP contribution in [-0.4, -0.2) is 27.7 Å². The van der Waals surface area contributed by atoms with Crippen molar-refractivity contribution in [3.05, 3.63) is 42.9 Å². The highest BCUT2D eigenvalue weighted by molar-refractivity contribution is 6.18. The molecule has 0 radical (unpaired) electrons. The third kappa shape index (κ3) is 2.65. The van der Waals surface area contributed by atoms with E-state index in [-0.39, 0.29) is 45.8 Å². The second-order valence-corrected chi connectivity index (χ2v) is 5.10. The molecular weight excluding hydrogens is 326 g/mol. The lowest BCUT2D eigenvalue weighted by atomic mass is 9.93. The lowest BCUT2D eigenvalue weighted by Crippen LogP contribution is -2.18. The molecule has 9 heteroatoms. The average Bonchev–Trinajstić information content (AvgIpc) is 2.47. The number of aromatic amines is 1. The summed E-state index contributed by atoms with van der Waals surface area (Å²) in [4.78, 5) is 35.2. The molecule has 0 spiro atoms. The number of ether oxygens (including phenoxy) is 1. The van der Waals surface area contributed by atoms with Crippen molar-refractivity contribution < 1.29 is 14.5 Å². The molecule has 0 aliphatic heterocycles. The largest absolute Gasteiger partial charge is 0.462 e. The second kappa shape index (κ2) is 6.33. The van der Waals surface area contributed by atoms with E-state index in [1.807, 2.05) is 0 Å². The van der Waals surface area contributed by atoms with Crippen LogP contribution in [0, 0.1) is 24.0 Å². The number of hydrogen-bond donors (Lipinski definition) is 1. The average molecular weight is 340 g/mol. The summed E-state index contributed by atoms with van der Waals surface area (Å²) in [6.45, 7) is 4.72. The van der Waals surface area contributed by atoms with Crippen LogP contribution in [0.2, 0.25) is 0 Å². The van der Waals surface area contributed by atoms with Crippen molar-refractivity contribution in [1.29, 1.82) is 0 Å². The lowest BCUT2D eigenvalue weighted by molar-refractivity contribution is -0.383. The first-order valence-electron chi connectivity index (χ1n) is 6.76. The first-order chi connectivity index (χ1) is 10.8. The number of aromatic nitrogens is 2. The summed E-state index contributed by atoms with van der Waals surface area (Å²) in [7, 11) is 0. The summed E-state index contributed by atoms with van der Waals surface area (Å²) in [6, 6.07) is 0. The molecule has 2 aromatic rings. The number of alkyl halides is 1. The van der Waals surface area contributed by atoms with E-state index in [1.165, 1.54) is 6.92 Å². The maximum absolute atomic E-state index is 12.2. The van der Waals surface area contributed by atoms with E-state index >= 15 is 0 Å². The quantitative estimate of drug-likeness (QED) is 0.395. The van der Waals surface area contributed by atoms with Gasteiger partial charge < -0.3 is 4.74 Å². The number of nitro groups is 1. The third-order valence-corrected chi connectivity index (χ3v) is 3.82. The Kier molecular flexibility index (Phi) is 4.65. The minimum atomic E-state index is -0.712. The van der Waals surface area contributed by atoms with E-state index in [0.717, 1.165) is 0 Å². The zero-order chi connectivity index (χ0) is 17.3. The van der Waals surface area contributed by atoms with Crippen LogP contribution in [0.4, 0.5) is 5.69 Å². The summed E-state index contributed by atoms with van der Waals surface area (Å²) in [5.41, 5.74) is -0.366. The highest BCUT2D eigenvalue weighted by Gasteiger charge is 2.30. The van der Waals surface area contributed by atoms with E-state index in [4.69, 9.17) is 16.3 Å². The van der Waals surface area contributed by atoms with Gasteiger partial charge in [0.05, 0.1) is 39.4 Å². The fourth-order valence-electron chi connectivity index (χ4n) is 2.65. The number of nitro benzene ring substituents is 1. The number of carbonyl (C=O) groups is 1. The van der Waals surface area contributed by atoms with E-state index in [0.29, 0.717) is 5.56 Å². The van der Waals surface area contributed by atoms with Gasteiger partial charge in [-0.2, -0.15) is 5.10 Å². The monoisotopic (exact) mass is 339 g/mol. The van der Waals surface area contributed by atoms with Crippen LogP contribution in [0.15, 0.2) is 4.79 Å². The zero-order valence-electron chi connectivity index (χ0n) is 12.7. The fourth-order valence-corrected chi connectivity index (χ4v) is 2.84. The number of fused-ring (bicyclic) bond motifs is 1. The van der Waals surface area contributed by atoms with Crippen molar-refractivity contribution in [3.8, 4) is 0 Å². The van der Waals surface area contributed by atoms with Gasteiger partial charge in [-0.25, -0.2) is 9.89 Å². The van der Waals surface area contributed by atoms with E-state index in [9.17, 15) is 19.7 Å². The van der Waals surface area contributed by atoms with Gasteiger partial charge in [0.25, 0.3) is 11.2 Å². The van der Waals surface area contributed by atoms with Crippen LogP contribution in [0.25, 0.3) is 10.8 Å². The first-order valence-corrected chi connectivity index (χ1v) is 7.30. The molecule has 0 bridgehead atoms. The summed E-state index contributed by atoms with van der Waals surface area (Å²) in [6.07, 6.45) is 0. The minimum absolute atomic E-state index is 0.0169. The maximum Gasteiger partial charge on any atom is 0.338 e. The number of carbonyl (C=O) groups excluding carboxylic acids is 1. The van der Waals surface area contributed by atoms with Crippen molar-refractivity contribution in [1.82, 2.24) is 10.2 Å². The SMILES string of the molecule is CCOC(=O)c1c(C)c([N+](=O)[O-])c2c(CCl)n[nH]c(=O)c2c1C. The molecule has 0 unspecified atom stereocenters. The molecule has 1 aromatic heterocycles. The number of hydrogen-bond acceptors (Lipinski definition) is 6. The number of halogens is 1. The van der Waals surface area contributed by atoms with Crippen LogP contribution in [0.3, 0.4) is 0 Å². The second-order valence-electron chi connectivity index (χ2n) is 4.83. The molecule has 122 valence electrons. The van der Waals surface area contributed by atoms with Gasteiger partial charge in [0.2, 0.25) is 0 Å². The number of nitrogens with zero attached hydrogens (tertiary/aromatic N) is 2. The first kappa shape index (κ1) is 16.9. The molecule has 2 rings (SSSR count). The van der Waals surface area contributed by atoms with Gasteiger partial charge in [-0.05, 0) is 26.3 Å². The fraction of sp³-hybridized carbons (Fsp3) is 0.357. The molecule has 0 aliphatic carbocycles. The van der Waals surface area contributed by atoms with E-state index in [1.54, 1.807) is 13.8 Å². The number of aryl methyl sites for hydroxylation is 1. The van der Waals surface area contributed by atoms with Gasteiger partial charge in [0.1, 0.15) is 0 Å². The zero-order valence-corrected chi connectivity index (χ0v) is 13.5. The smallest absolute Gasteiger partial charge is 0.338 e. The summed E-state index contributed by atoms with van der Waals surface area (Å²) in [5.74, 6) is -0.831. The van der Waals surface area contributed by atoms with Gasteiger partial charge in [-0.3, -0.25) is 14.9 Å². The minimum Gasteiger partial charge on any atom is -0.462 e. The summed E-state index contributed by atoms with van der Waals surface area (Å²) >= 11 is 5.79. The molecule has 0 amide bonds. The Bertz CT molecular complexity index is 875. The predicted octanol–water partition coefficient (Wildman–Crippen LogP) is 2.36. The number of benzene rings is 1. The molecule has 0 saturated heterocycles. The molecule has 1 heterocycles. The normalized spacial score (nSPS) is 10.8. The van der Waals surface area contributed by atoms with Crippen LogP contribution < -0.4 is 5.56 Å². The Morgan fingerprint density at radius 3 is 2.52 bits per heavy atom. The third-order valence-electron chi connectivity index (χ3n) is 3.56.